The highest BCUT2D eigenvalue weighted by Crippen LogP contribution is 2.41. The number of halogens is 3. The standard InChI is InChI=1S/C9H7F3N2O3/c1-16-7-5(2-3-13)14-4-6(15)8(7)17-9(10,11)12/h4,15H,2H2,1H3. The van der Waals surface area contributed by atoms with Gasteiger partial charge >= 0.3 is 6.36 Å². The van der Waals surface area contributed by atoms with Gasteiger partial charge in [-0.1, -0.05) is 0 Å². The second-order valence-corrected chi connectivity index (χ2v) is 2.84. The Morgan fingerprint density at radius 3 is 2.59 bits per heavy atom. The summed E-state index contributed by atoms with van der Waals surface area (Å²) in [6.07, 6.45) is -4.48. The fraction of sp³-hybridized carbons (Fsp3) is 0.333. The lowest BCUT2D eigenvalue weighted by molar-refractivity contribution is -0.275. The number of methoxy groups -OCH3 is 1. The zero-order valence-corrected chi connectivity index (χ0v) is 8.58. The summed E-state index contributed by atoms with van der Waals surface area (Å²) in [5.74, 6) is -2.13. The number of ether oxygens (including phenoxy) is 2. The smallest absolute Gasteiger partial charge is 0.503 e. The van der Waals surface area contributed by atoms with Crippen LogP contribution in [0, 0.1) is 11.3 Å². The first-order chi connectivity index (χ1) is 7.89. The molecule has 0 spiro atoms. The lowest BCUT2D eigenvalue weighted by Crippen LogP contribution is -2.18. The lowest BCUT2D eigenvalue weighted by atomic mass is 10.2. The molecular formula is C9H7F3N2O3. The zero-order valence-electron chi connectivity index (χ0n) is 8.58. The van der Waals surface area contributed by atoms with Crippen LogP contribution in [-0.4, -0.2) is 23.6 Å². The van der Waals surface area contributed by atoms with Crippen molar-refractivity contribution in [3.8, 4) is 23.3 Å². The van der Waals surface area contributed by atoms with E-state index < -0.39 is 23.6 Å². The highest BCUT2D eigenvalue weighted by molar-refractivity contribution is 5.52. The Labute approximate surface area is 94.0 Å². The van der Waals surface area contributed by atoms with Crippen LogP contribution in [0.4, 0.5) is 13.2 Å². The number of hydrogen-bond donors (Lipinski definition) is 1. The summed E-state index contributed by atoms with van der Waals surface area (Å²) < 4.78 is 44.5. The number of rotatable bonds is 3. The van der Waals surface area contributed by atoms with Gasteiger partial charge in [-0.3, -0.25) is 4.98 Å². The molecule has 1 N–H and O–H groups in total. The highest BCUT2D eigenvalue weighted by Gasteiger charge is 2.34. The van der Waals surface area contributed by atoms with Crippen molar-refractivity contribution in [2.24, 2.45) is 0 Å². The predicted molar refractivity (Wildman–Crippen MR) is 48.5 cm³/mol. The van der Waals surface area contributed by atoms with Gasteiger partial charge in [0.2, 0.25) is 5.75 Å². The number of nitriles is 1. The topological polar surface area (TPSA) is 75.4 Å². The molecule has 0 aliphatic carbocycles. The summed E-state index contributed by atoms with van der Waals surface area (Å²) in [7, 11) is 1.08. The summed E-state index contributed by atoms with van der Waals surface area (Å²) in [5.41, 5.74) is -0.0490. The molecule has 0 unspecified atom stereocenters. The molecule has 92 valence electrons. The van der Waals surface area contributed by atoms with Gasteiger partial charge in [-0.25, -0.2) is 0 Å². The first-order valence-corrected chi connectivity index (χ1v) is 4.26. The second kappa shape index (κ2) is 4.78. The molecule has 1 rings (SSSR count). The van der Waals surface area contributed by atoms with E-state index in [2.05, 4.69) is 14.5 Å². The molecule has 0 bridgehead atoms. The van der Waals surface area contributed by atoms with Crippen molar-refractivity contribution in [2.75, 3.05) is 7.11 Å². The van der Waals surface area contributed by atoms with Gasteiger partial charge in [0.15, 0.2) is 11.5 Å². The van der Waals surface area contributed by atoms with E-state index in [0.717, 1.165) is 13.3 Å². The molecule has 17 heavy (non-hydrogen) atoms. The lowest BCUT2D eigenvalue weighted by Gasteiger charge is -2.15. The molecule has 0 saturated carbocycles. The highest BCUT2D eigenvalue weighted by atomic mass is 19.4. The molecule has 0 amide bonds. The minimum absolute atomic E-state index is 0.0490. The van der Waals surface area contributed by atoms with E-state index in [0.29, 0.717) is 0 Å². The third-order valence-corrected chi connectivity index (χ3v) is 1.71. The number of alkyl halides is 3. The molecule has 0 saturated heterocycles. The number of hydrogen-bond acceptors (Lipinski definition) is 5. The summed E-state index contributed by atoms with van der Waals surface area (Å²) >= 11 is 0. The van der Waals surface area contributed by atoms with Gasteiger partial charge in [-0.05, 0) is 0 Å². The average molecular weight is 248 g/mol. The van der Waals surface area contributed by atoms with Gasteiger partial charge in [0.1, 0.15) is 5.69 Å². The van der Waals surface area contributed by atoms with Crippen molar-refractivity contribution in [2.45, 2.75) is 12.8 Å². The number of pyridine rings is 1. The van der Waals surface area contributed by atoms with E-state index >= 15 is 0 Å². The second-order valence-electron chi connectivity index (χ2n) is 2.84. The summed E-state index contributed by atoms with van der Waals surface area (Å²) in [6.45, 7) is 0. The molecule has 0 atom stereocenters. The fourth-order valence-electron chi connectivity index (χ4n) is 1.13. The number of aromatic nitrogens is 1. The Hall–Kier alpha value is -2.17. The first kappa shape index (κ1) is 12.9. The monoisotopic (exact) mass is 248 g/mol. The van der Waals surface area contributed by atoms with Crippen molar-refractivity contribution in [1.82, 2.24) is 4.98 Å². The van der Waals surface area contributed by atoms with Gasteiger partial charge in [-0.2, -0.15) is 5.26 Å². The van der Waals surface area contributed by atoms with Gasteiger partial charge in [0.25, 0.3) is 0 Å². The molecule has 1 aromatic rings. The predicted octanol–water partition coefficient (Wildman–Crippen LogP) is 1.76. The Morgan fingerprint density at radius 2 is 2.12 bits per heavy atom. The minimum atomic E-state index is -4.98. The summed E-state index contributed by atoms with van der Waals surface area (Å²) in [5, 5.41) is 17.7. The molecule has 1 heterocycles. The minimum Gasteiger partial charge on any atom is -0.503 e. The van der Waals surface area contributed by atoms with Gasteiger partial charge in [0.05, 0.1) is 25.8 Å². The van der Waals surface area contributed by atoms with Crippen LogP contribution in [0.1, 0.15) is 5.69 Å². The van der Waals surface area contributed by atoms with Crippen molar-refractivity contribution in [3.05, 3.63) is 11.9 Å². The molecule has 0 radical (unpaired) electrons. The third kappa shape index (κ3) is 3.14. The maximum atomic E-state index is 12.1. The third-order valence-electron chi connectivity index (χ3n) is 1.71. The van der Waals surface area contributed by atoms with Crippen LogP contribution in [-0.2, 0) is 6.42 Å². The van der Waals surface area contributed by atoms with Crippen LogP contribution in [0.5, 0.6) is 17.2 Å². The van der Waals surface area contributed by atoms with E-state index in [1.54, 1.807) is 6.07 Å². The van der Waals surface area contributed by atoms with Crippen molar-refractivity contribution in [3.63, 3.8) is 0 Å². The normalized spacial score (nSPS) is 10.8. The Balaban J connectivity index is 3.26. The Kier molecular flexibility index (Phi) is 3.62. The Bertz CT molecular complexity index is 454. The van der Waals surface area contributed by atoms with Gasteiger partial charge in [-0.15, -0.1) is 13.2 Å². The van der Waals surface area contributed by atoms with Crippen LogP contribution < -0.4 is 9.47 Å². The average Bonchev–Trinajstić information content (AvgIpc) is 2.22. The Morgan fingerprint density at radius 1 is 1.47 bits per heavy atom. The van der Waals surface area contributed by atoms with Gasteiger partial charge < -0.3 is 14.6 Å². The molecule has 0 fully saturated rings. The van der Waals surface area contributed by atoms with E-state index in [-0.39, 0.29) is 12.1 Å². The van der Waals surface area contributed by atoms with Crippen molar-refractivity contribution < 1.29 is 27.8 Å². The molecule has 0 aliphatic rings. The number of nitrogens with zero attached hydrogens (tertiary/aromatic N) is 2. The number of aromatic hydroxyl groups is 1. The van der Waals surface area contributed by atoms with E-state index in [1.807, 2.05) is 0 Å². The van der Waals surface area contributed by atoms with E-state index in [9.17, 15) is 18.3 Å². The molecule has 0 aromatic carbocycles. The molecule has 1 aromatic heterocycles. The van der Waals surface area contributed by atoms with Crippen molar-refractivity contribution >= 4 is 0 Å². The first-order valence-electron chi connectivity index (χ1n) is 4.26. The zero-order chi connectivity index (χ0) is 13.1. The molecule has 5 nitrogen and oxygen atoms in total. The van der Waals surface area contributed by atoms with Gasteiger partial charge in [0, 0.05) is 0 Å². The maximum absolute atomic E-state index is 12.1. The molecule has 0 aliphatic heterocycles. The largest absolute Gasteiger partial charge is 0.573 e. The van der Waals surface area contributed by atoms with Crippen molar-refractivity contribution in [1.29, 1.82) is 5.26 Å². The van der Waals surface area contributed by atoms with Crippen LogP contribution >= 0.6 is 0 Å². The van der Waals surface area contributed by atoms with Crippen LogP contribution in [0.3, 0.4) is 0 Å². The quantitative estimate of drug-likeness (QED) is 0.882. The van der Waals surface area contributed by atoms with E-state index in [1.165, 1.54) is 0 Å². The SMILES string of the molecule is COc1c(CC#N)ncc(O)c1OC(F)(F)F. The van der Waals surface area contributed by atoms with E-state index in [4.69, 9.17) is 5.26 Å². The van der Waals surface area contributed by atoms with Crippen LogP contribution in [0.2, 0.25) is 0 Å². The fourth-order valence-corrected chi connectivity index (χ4v) is 1.13. The maximum Gasteiger partial charge on any atom is 0.573 e. The van der Waals surface area contributed by atoms with Crippen LogP contribution in [0.15, 0.2) is 6.20 Å². The summed E-state index contributed by atoms with van der Waals surface area (Å²) in [6, 6.07) is 1.71. The molecular weight excluding hydrogens is 241 g/mol. The van der Waals surface area contributed by atoms with Crippen LogP contribution in [0.25, 0.3) is 0 Å². The summed E-state index contributed by atoms with van der Waals surface area (Å²) in [4.78, 5) is 3.58. The molecule has 8 heteroatoms.